The zero-order valence-corrected chi connectivity index (χ0v) is 12.7. The fraction of sp³-hybridized carbons (Fsp3) is 0.765. The SMILES string of the molecule is C=C1CCC(C=O)(C(C=O)CCCCCCCCC)O1. The lowest BCUT2D eigenvalue weighted by Gasteiger charge is -2.28. The number of hydrogen-bond acceptors (Lipinski definition) is 3. The lowest BCUT2D eigenvalue weighted by Crippen LogP contribution is -2.39. The van der Waals surface area contributed by atoms with E-state index in [0.29, 0.717) is 18.6 Å². The molecule has 1 rings (SSSR count). The topological polar surface area (TPSA) is 43.4 Å². The predicted octanol–water partition coefficient (Wildman–Crippen LogP) is 4.20. The third-order valence-electron chi connectivity index (χ3n) is 4.24. The van der Waals surface area contributed by atoms with Gasteiger partial charge in [0.1, 0.15) is 6.29 Å². The van der Waals surface area contributed by atoms with Crippen LogP contribution in [0.3, 0.4) is 0 Å². The lowest BCUT2D eigenvalue weighted by molar-refractivity contribution is -0.135. The summed E-state index contributed by atoms with van der Waals surface area (Å²) in [4.78, 5) is 22.7. The molecule has 3 nitrogen and oxygen atoms in total. The van der Waals surface area contributed by atoms with Crippen molar-refractivity contribution in [3.8, 4) is 0 Å². The third-order valence-corrected chi connectivity index (χ3v) is 4.24. The smallest absolute Gasteiger partial charge is 0.173 e. The molecule has 0 radical (unpaired) electrons. The lowest BCUT2D eigenvalue weighted by atomic mass is 9.83. The third kappa shape index (κ3) is 4.77. The molecule has 1 fully saturated rings. The van der Waals surface area contributed by atoms with Crippen molar-refractivity contribution in [1.29, 1.82) is 0 Å². The first kappa shape index (κ1) is 16.9. The van der Waals surface area contributed by atoms with Crippen molar-refractivity contribution < 1.29 is 14.3 Å². The number of ether oxygens (including phenoxy) is 1. The first-order chi connectivity index (χ1) is 9.68. The Labute approximate surface area is 122 Å². The summed E-state index contributed by atoms with van der Waals surface area (Å²) in [5, 5.41) is 0. The quantitative estimate of drug-likeness (QED) is 0.421. The molecule has 20 heavy (non-hydrogen) atoms. The molecule has 2 atom stereocenters. The van der Waals surface area contributed by atoms with Crippen LogP contribution in [0, 0.1) is 5.92 Å². The summed E-state index contributed by atoms with van der Waals surface area (Å²) in [5.74, 6) is 0.304. The predicted molar refractivity (Wildman–Crippen MR) is 80.4 cm³/mol. The van der Waals surface area contributed by atoms with Gasteiger partial charge < -0.3 is 9.53 Å². The second kappa shape index (κ2) is 8.93. The summed E-state index contributed by atoms with van der Waals surface area (Å²) in [6, 6.07) is 0. The van der Waals surface area contributed by atoms with Gasteiger partial charge in [0.05, 0.1) is 11.7 Å². The van der Waals surface area contributed by atoms with E-state index in [1.54, 1.807) is 0 Å². The van der Waals surface area contributed by atoms with Crippen molar-refractivity contribution in [2.45, 2.75) is 76.7 Å². The number of rotatable bonds is 11. The van der Waals surface area contributed by atoms with Crippen LogP contribution < -0.4 is 0 Å². The first-order valence-electron chi connectivity index (χ1n) is 7.97. The molecular weight excluding hydrogens is 252 g/mol. The van der Waals surface area contributed by atoms with Gasteiger partial charge in [-0.1, -0.05) is 58.4 Å². The van der Waals surface area contributed by atoms with Crippen molar-refractivity contribution in [1.82, 2.24) is 0 Å². The van der Waals surface area contributed by atoms with Crippen LogP contribution in [0.5, 0.6) is 0 Å². The molecule has 1 aliphatic heterocycles. The van der Waals surface area contributed by atoms with Gasteiger partial charge in [0, 0.05) is 12.8 Å². The number of unbranched alkanes of at least 4 members (excludes halogenated alkanes) is 6. The molecule has 2 unspecified atom stereocenters. The minimum Gasteiger partial charge on any atom is -0.484 e. The highest BCUT2D eigenvalue weighted by atomic mass is 16.5. The largest absolute Gasteiger partial charge is 0.484 e. The molecule has 0 spiro atoms. The Morgan fingerprint density at radius 1 is 1.20 bits per heavy atom. The number of hydrogen-bond donors (Lipinski definition) is 0. The van der Waals surface area contributed by atoms with Crippen LogP contribution in [-0.4, -0.2) is 18.2 Å². The van der Waals surface area contributed by atoms with Crippen molar-refractivity contribution in [3.63, 3.8) is 0 Å². The van der Waals surface area contributed by atoms with Crippen LogP contribution >= 0.6 is 0 Å². The molecule has 1 saturated heterocycles. The van der Waals surface area contributed by atoms with Gasteiger partial charge in [-0.05, 0) is 6.42 Å². The van der Waals surface area contributed by atoms with Crippen molar-refractivity contribution in [3.05, 3.63) is 12.3 Å². The molecule has 0 N–H and O–H groups in total. The fourth-order valence-electron chi connectivity index (χ4n) is 2.89. The second-order valence-corrected chi connectivity index (χ2v) is 5.87. The van der Waals surface area contributed by atoms with Crippen molar-refractivity contribution in [2.24, 2.45) is 5.92 Å². The summed E-state index contributed by atoms with van der Waals surface area (Å²) in [6.07, 6.45) is 12.2. The Balaban J connectivity index is 2.30. The summed E-state index contributed by atoms with van der Waals surface area (Å²) in [5.41, 5.74) is -0.930. The molecular formula is C17H28O3. The highest BCUT2D eigenvalue weighted by Gasteiger charge is 2.44. The average Bonchev–Trinajstić information content (AvgIpc) is 2.84. The Kier molecular flexibility index (Phi) is 7.56. The van der Waals surface area contributed by atoms with Crippen LogP contribution in [0.15, 0.2) is 12.3 Å². The zero-order valence-electron chi connectivity index (χ0n) is 12.7. The monoisotopic (exact) mass is 280 g/mol. The second-order valence-electron chi connectivity index (χ2n) is 5.87. The van der Waals surface area contributed by atoms with E-state index in [9.17, 15) is 9.59 Å². The maximum Gasteiger partial charge on any atom is 0.173 e. The molecule has 0 saturated carbocycles. The van der Waals surface area contributed by atoms with E-state index in [0.717, 1.165) is 31.8 Å². The molecule has 0 bridgehead atoms. The number of carbonyl (C=O) groups excluding carboxylic acids is 2. The maximum atomic E-state index is 11.4. The summed E-state index contributed by atoms with van der Waals surface area (Å²) < 4.78 is 5.57. The zero-order chi connectivity index (χ0) is 14.8. The summed E-state index contributed by atoms with van der Waals surface area (Å²) in [6.45, 7) is 5.97. The van der Waals surface area contributed by atoms with E-state index in [1.165, 1.54) is 32.1 Å². The van der Waals surface area contributed by atoms with Crippen molar-refractivity contribution >= 4 is 12.6 Å². The molecule has 0 amide bonds. The van der Waals surface area contributed by atoms with Crippen LogP contribution in [0.1, 0.15) is 71.1 Å². The highest BCUT2D eigenvalue weighted by molar-refractivity contribution is 5.72. The average molecular weight is 280 g/mol. The maximum absolute atomic E-state index is 11.4. The number of carbonyl (C=O) groups is 2. The van der Waals surface area contributed by atoms with E-state index in [-0.39, 0.29) is 5.92 Å². The summed E-state index contributed by atoms with van der Waals surface area (Å²) >= 11 is 0. The molecule has 0 aromatic heterocycles. The Morgan fingerprint density at radius 3 is 2.35 bits per heavy atom. The molecule has 3 heteroatoms. The fourth-order valence-corrected chi connectivity index (χ4v) is 2.89. The van der Waals surface area contributed by atoms with Gasteiger partial charge in [0.15, 0.2) is 11.9 Å². The molecule has 0 aromatic carbocycles. The van der Waals surface area contributed by atoms with Gasteiger partial charge in [0.2, 0.25) is 0 Å². The molecule has 0 aromatic rings. The van der Waals surface area contributed by atoms with Gasteiger partial charge in [-0.2, -0.15) is 0 Å². The Bertz CT molecular complexity index is 324. The normalized spacial score (nSPS) is 23.4. The molecule has 1 heterocycles. The number of allylic oxidation sites excluding steroid dienone is 1. The van der Waals surface area contributed by atoms with E-state index >= 15 is 0 Å². The van der Waals surface area contributed by atoms with E-state index in [2.05, 4.69) is 13.5 Å². The van der Waals surface area contributed by atoms with Gasteiger partial charge in [-0.25, -0.2) is 0 Å². The number of aldehydes is 2. The molecule has 1 aliphatic rings. The minimum absolute atomic E-state index is 0.324. The van der Waals surface area contributed by atoms with Gasteiger partial charge >= 0.3 is 0 Å². The van der Waals surface area contributed by atoms with Crippen LogP contribution in [0.4, 0.5) is 0 Å². The Hall–Kier alpha value is -1.12. The standard InChI is InChI=1S/C17H28O3/c1-3-4-5-6-7-8-9-10-16(13-18)17(14-19)12-11-15(2)20-17/h13-14,16H,2-12H2,1H3. The summed E-state index contributed by atoms with van der Waals surface area (Å²) in [7, 11) is 0. The van der Waals surface area contributed by atoms with Crippen molar-refractivity contribution in [2.75, 3.05) is 0 Å². The van der Waals surface area contributed by atoms with Gasteiger partial charge in [-0.15, -0.1) is 0 Å². The van der Waals surface area contributed by atoms with Gasteiger partial charge in [0.25, 0.3) is 0 Å². The van der Waals surface area contributed by atoms with E-state index in [4.69, 9.17) is 4.74 Å². The van der Waals surface area contributed by atoms with E-state index < -0.39 is 5.60 Å². The highest BCUT2D eigenvalue weighted by Crippen LogP contribution is 2.37. The van der Waals surface area contributed by atoms with Crippen LogP contribution in [-0.2, 0) is 14.3 Å². The van der Waals surface area contributed by atoms with Gasteiger partial charge in [-0.3, -0.25) is 4.79 Å². The minimum atomic E-state index is -0.930. The van der Waals surface area contributed by atoms with Crippen LogP contribution in [0.2, 0.25) is 0 Å². The first-order valence-corrected chi connectivity index (χ1v) is 7.97. The molecule has 114 valence electrons. The molecule has 0 aliphatic carbocycles. The van der Waals surface area contributed by atoms with Crippen LogP contribution in [0.25, 0.3) is 0 Å². The van der Waals surface area contributed by atoms with E-state index in [1.807, 2.05) is 0 Å². The Morgan fingerprint density at radius 2 is 1.85 bits per heavy atom.